The predicted molar refractivity (Wildman–Crippen MR) is 30.6 cm³/mol. The van der Waals surface area contributed by atoms with Gasteiger partial charge in [-0.1, -0.05) is 0 Å². The summed E-state index contributed by atoms with van der Waals surface area (Å²) in [7, 11) is 0. The number of hydroxylamine groups is 2. The molecule has 1 heterocycles. The first-order valence-corrected chi connectivity index (χ1v) is 2.98. The van der Waals surface area contributed by atoms with Gasteiger partial charge < -0.3 is 10.9 Å². The van der Waals surface area contributed by atoms with E-state index in [-0.39, 0.29) is 0 Å². The highest BCUT2D eigenvalue weighted by Crippen LogP contribution is 2.04. The molecule has 0 aliphatic carbocycles. The summed E-state index contributed by atoms with van der Waals surface area (Å²) in [5.74, 6) is 0. The third-order valence-corrected chi connectivity index (χ3v) is 1.52. The lowest BCUT2D eigenvalue weighted by atomic mass is 10.1. The fraction of sp³-hybridized carbons (Fsp3) is 1.00. The van der Waals surface area contributed by atoms with Crippen LogP contribution in [0.1, 0.15) is 12.8 Å². The van der Waals surface area contributed by atoms with E-state index in [2.05, 4.69) is 0 Å². The number of rotatable bonds is 0. The second-order valence-electron chi connectivity index (χ2n) is 2.29. The highest BCUT2D eigenvalue weighted by molar-refractivity contribution is 4.68. The van der Waals surface area contributed by atoms with Crippen molar-refractivity contribution in [3.05, 3.63) is 0 Å². The van der Waals surface area contributed by atoms with Crippen LogP contribution in [-0.2, 0) is 0 Å². The summed E-state index contributed by atoms with van der Waals surface area (Å²) in [6.07, 6.45) is 1.85. The molecular formula is C5H12N2O. The monoisotopic (exact) mass is 116 g/mol. The first-order chi connectivity index (χ1) is 3.79. The number of nitrogens with zero attached hydrogens (tertiary/aromatic N) is 1. The lowest BCUT2D eigenvalue weighted by Gasteiger charge is -2.24. The minimum absolute atomic E-state index is 0.318. The van der Waals surface area contributed by atoms with Crippen molar-refractivity contribution in [3.8, 4) is 0 Å². The van der Waals surface area contributed by atoms with Gasteiger partial charge in [0, 0.05) is 19.1 Å². The molecule has 0 saturated carbocycles. The molecule has 0 aromatic carbocycles. The van der Waals surface area contributed by atoms with Gasteiger partial charge in [-0.05, 0) is 12.8 Å². The van der Waals surface area contributed by atoms with Gasteiger partial charge in [0.1, 0.15) is 0 Å². The molecule has 0 aromatic heterocycles. The average molecular weight is 116 g/mol. The predicted octanol–water partition coefficient (Wildman–Crippen LogP) is -0.201. The Balaban J connectivity index is 2.19. The minimum atomic E-state index is 0.318. The molecule has 3 heteroatoms. The van der Waals surface area contributed by atoms with Gasteiger partial charge in [-0.15, -0.1) is 0 Å². The molecule has 3 N–H and O–H groups in total. The van der Waals surface area contributed by atoms with Crippen molar-refractivity contribution in [1.82, 2.24) is 5.06 Å². The van der Waals surface area contributed by atoms with Crippen LogP contribution in [0.2, 0.25) is 0 Å². The van der Waals surface area contributed by atoms with Crippen LogP contribution in [0.4, 0.5) is 0 Å². The fourth-order valence-electron chi connectivity index (χ4n) is 0.886. The molecule has 0 bridgehead atoms. The zero-order chi connectivity index (χ0) is 5.98. The Hall–Kier alpha value is -0.120. The van der Waals surface area contributed by atoms with Gasteiger partial charge in [0.15, 0.2) is 0 Å². The van der Waals surface area contributed by atoms with Crippen molar-refractivity contribution in [2.45, 2.75) is 18.9 Å². The molecule has 0 aromatic rings. The molecule has 8 heavy (non-hydrogen) atoms. The van der Waals surface area contributed by atoms with E-state index in [1.165, 1.54) is 5.06 Å². The molecule has 0 spiro atoms. The zero-order valence-corrected chi connectivity index (χ0v) is 4.88. The topological polar surface area (TPSA) is 49.5 Å². The van der Waals surface area contributed by atoms with E-state index >= 15 is 0 Å². The molecule has 1 fully saturated rings. The van der Waals surface area contributed by atoms with Crippen molar-refractivity contribution >= 4 is 0 Å². The Morgan fingerprint density at radius 3 is 2.25 bits per heavy atom. The van der Waals surface area contributed by atoms with E-state index in [0.29, 0.717) is 6.04 Å². The summed E-state index contributed by atoms with van der Waals surface area (Å²) in [5.41, 5.74) is 5.56. The molecule has 1 rings (SSSR count). The van der Waals surface area contributed by atoms with E-state index < -0.39 is 0 Å². The van der Waals surface area contributed by atoms with E-state index in [1.54, 1.807) is 0 Å². The van der Waals surface area contributed by atoms with E-state index in [9.17, 15) is 0 Å². The summed E-state index contributed by atoms with van der Waals surface area (Å²) < 4.78 is 0. The molecule has 1 aliphatic rings. The van der Waals surface area contributed by atoms with Crippen LogP contribution in [0.5, 0.6) is 0 Å². The SMILES string of the molecule is NC1CCN(O)CC1. The van der Waals surface area contributed by atoms with Gasteiger partial charge in [-0.3, -0.25) is 0 Å². The van der Waals surface area contributed by atoms with Gasteiger partial charge in [0.25, 0.3) is 0 Å². The van der Waals surface area contributed by atoms with Crippen molar-refractivity contribution in [2.24, 2.45) is 5.73 Å². The van der Waals surface area contributed by atoms with Gasteiger partial charge in [-0.25, -0.2) is 0 Å². The first kappa shape index (κ1) is 6.01. The van der Waals surface area contributed by atoms with Gasteiger partial charge in [0.2, 0.25) is 0 Å². The van der Waals surface area contributed by atoms with E-state index in [1.807, 2.05) is 0 Å². The van der Waals surface area contributed by atoms with Gasteiger partial charge in [-0.2, -0.15) is 5.06 Å². The fourth-order valence-corrected chi connectivity index (χ4v) is 0.886. The Morgan fingerprint density at radius 2 is 1.88 bits per heavy atom. The second kappa shape index (κ2) is 2.44. The molecule has 48 valence electrons. The van der Waals surface area contributed by atoms with E-state index in [4.69, 9.17) is 10.9 Å². The Kier molecular flexibility index (Phi) is 1.83. The van der Waals surface area contributed by atoms with Crippen molar-refractivity contribution in [3.63, 3.8) is 0 Å². The molecule has 1 aliphatic heterocycles. The largest absolute Gasteiger partial charge is 0.328 e. The Bertz CT molecular complexity index is 58.8. The molecule has 0 amide bonds. The van der Waals surface area contributed by atoms with Crippen LogP contribution in [0, 0.1) is 0 Å². The third kappa shape index (κ3) is 1.43. The maximum Gasteiger partial charge on any atom is 0.0252 e. The normalized spacial score (nSPS) is 26.2. The lowest BCUT2D eigenvalue weighted by molar-refractivity contribution is -0.106. The van der Waals surface area contributed by atoms with Gasteiger partial charge >= 0.3 is 0 Å². The summed E-state index contributed by atoms with van der Waals surface area (Å²) in [5, 5.41) is 10.1. The maximum absolute atomic E-state index is 8.80. The molecule has 0 radical (unpaired) electrons. The van der Waals surface area contributed by atoms with Crippen LogP contribution in [-0.4, -0.2) is 29.4 Å². The minimum Gasteiger partial charge on any atom is -0.328 e. The summed E-state index contributed by atoms with van der Waals surface area (Å²) in [6, 6.07) is 0.318. The van der Waals surface area contributed by atoms with Crippen molar-refractivity contribution in [1.29, 1.82) is 0 Å². The third-order valence-electron chi connectivity index (χ3n) is 1.52. The Morgan fingerprint density at radius 1 is 1.38 bits per heavy atom. The maximum atomic E-state index is 8.80. The summed E-state index contributed by atoms with van der Waals surface area (Å²) >= 11 is 0. The quantitative estimate of drug-likeness (QED) is 0.460. The van der Waals surface area contributed by atoms with Gasteiger partial charge in [0.05, 0.1) is 0 Å². The second-order valence-corrected chi connectivity index (χ2v) is 2.29. The first-order valence-electron chi connectivity index (χ1n) is 2.98. The smallest absolute Gasteiger partial charge is 0.0252 e. The van der Waals surface area contributed by atoms with Crippen LogP contribution < -0.4 is 5.73 Å². The zero-order valence-electron chi connectivity index (χ0n) is 4.88. The highest BCUT2D eigenvalue weighted by atomic mass is 16.5. The molecule has 1 saturated heterocycles. The number of piperidine rings is 1. The van der Waals surface area contributed by atoms with Crippen molar-refractivity contribution < 1.29 is 5.21 Å². The lowest BCUT2D eigenvalue weighted by Crippen LogP contribution is -2.37. The molecule has 0 unspecified atom stereocenters. The summed E-state index contributed by atoms with van der Waals surface area (Å²) in [4.78, 5) is 0. The number of hydrogen-bond donors (Lipinski definition) is 2. The van der Waals surface area contributed by atoms with Crippen LogP contribution in [0.25, 0.3) is 0 Å². The number of hydrogen-bond acceptors (Lipinski definition) is 3. The van der Waals surface area contributed by atoms with Crippen molar-refractivity contribution in [2.75, 3.05) is 13.1 Å². The Labute approximate surface area is 49.0 Å². The summed E-state index contributed by atoms with van der Waals surface area (Å²) in [6.45, 7) is 1.47. The van der Waals surface area contributed by atoms with E-state index in [0.717, 1.165) is 25.9 Å². The highest BCUT2D eigenvalue weighted by Gasteiger charge is 2.12. The molecule has 0 atom stereocenters. The molecule has 3 nitrogen and oxygen atoms in total. The molecular weight excluding hydrogens is 104 g/mol. The van der Waals surface area contributed by atoms with Crippen LogP contribution in [0.15, 0.2) is 0 Å². The standard InChI is InChI=1S/C5H12N2O/c6-5-1-3-7(8)4-2-5/h5,8H,1-4,6H2. The van der Waals surface area contributed by atoms with Crippen LogP contribution in [0.3, 0.4) is 0 Å². The average Bonchev–Trinajstić information content (AvgIpc) is 1.77. The van der Waals surface area contributed by atoms with Crippen LogP contribution >= 0.6 is 0 Å². The number of nitrogens with two attached hydrogens (primary N) is 1.